The molecule has 0 aromatic heterocycles. The first-order valence-electron chi connectivity index (χ1n) is 8.97. The van der Waals surface area contributed by atoms with Crippen LogP contribution in [0, 0.1) is 18.3 Å². The lowest BCUT2D eigenvalue weighted by Gasteiger charge is -2.42. The van der Waals surface area contributed by atoms with Gasteiger partial charge in [-0.25, -0.2) is 0 Å². The van der Waals surface area contributed by atoms with Crippen LogP contribution in [0.1, 0.15) is 22.8 Å². The Bertz CT molecular complexity index is 877. The second-order valence-electron chi connectivity index (χ2n) is 7.00. The van der Waals surface area contributed by atoms with Crippen molar-refractivity contribution in [3.05, 3.63) is 59.2 Å². The molecule has 148 valence electrons. The van der Waals surface area contributed by atoms with Gasteiger partial charge in [-0.3, -0.25) is 0 Å². The SMILES string of the molecule is Cc1cc(-c2cccc(C#N)c2)ccc1[C@@H](O)[C@H]1OC(CO)[C@@H](O)[C@H](O)C1O. The van der Waals surface area contributed by atoms with Crippen molar-refractivity contribution in [2.45, 2.75) is 43.5 Å². The maximum Gasteiger partial charge on any atom is 0.117 e. The van der Waals surface area contributed by atoms with Crippen molar-refractivity contribution in [1.82, 2.24) is 0 Å². The van der Waals surface area contributed by atoms with Crippen molar-refractivity contribution in [2.24, 2.45) is 0 Å². The van der Waals surface area contributed by atoms with E-state index >= 15 is 0 Å². The quantitative estimate of drug-likeness (QED) is 0.515. The van der Waals surface area contributed by atoms with Gasteiger partial charge in [0.1, 0.15) is 36.6 Å². The van der Waals surface area contributed by atoms with Crippen LogP contribution in [0.2, 0.25) is 0 Å². The van der Waals surface area contributed by atoms with Crippen molar-refractivity contribution < 1.29 is 30.3 Å². The molecule has 2 aromatic carbocycles. The molecule has 0 saturated carbocycles. The zero-order chi connectivity index (χ0) is 20.4. The Morgan fingerprint density at radius 3 is 2.39 bits per heavy atom. The van der Waals surface area contributed by atoms with E-state index in [-0.39, 0.29) is 0 Å². The van der Waals surface area contributed by atoms with Gasteiger partial charge in [0.2, 0.25) is 0 Å². The Hall–Kier alpha value is -2.31. The van der Waals surface area contributed by atoms with E-state index in [4.69, 9.17) is 10.00 Å². The van der Waals surface area contributed by atoms with Crippen molar-refractivity contribution in [3.8, 4) is 17.2 Å². The number of aliphatic hydroxyl groups is 5. The maximum atomic E-state index is 10.8. The molecule has 0 amide bonds. The number of nitriles is 1. The first kappa shape index (κ1) is 20.4. The maximum absolute atomic E-state index is 10.8. The molecule has 0 bridgehead atoms. The number of hydrogen-bond acceptors (Lipinski definition) is 7. The van der Waals surface area contributed by atoms with Gasteiger partial charge in [-0.05, 0) is 41.3 Å². The van der Waals surface area contributed by atoms with E-state index in [2.05, 4.69) is 6.07 Å². The number of ether oxygens (including phenoxy) is 1. The molecule has 1 saturated heterocycles. The lowest BCUT2D eigenvalue weighted by molar-refractivity contribution is -0.250. The molecule has 1 fully saturated rings. The third-order valence-electron chi connectivity index (χ3n) is 5.15. The van der Waals surface area contributed by atoms with Crippen LogP contribution in [0.25, 0.3) is 11.1 Å². The fraction of sp³-hybridized carbons (Fsp3) is 0.381. The smallest absolute Gasteiger partial charge is 0.117 e. The average molecular weight is 385 g/mol. The van der Waals surface area contributed by atoms with Crippen LogP contribution in [0.5, 0.6) is 0 Å². The van der Waals surface area contributed by atoms with Gasteiger partial charge >= 0.3 is 0 Å². The third kappa shape index (κ3) is 3.80. The summed E-state index contributed by atoms with van der Waals surface area (Å²) in [5.41, 5.74) is 3.48. The third-order valence-corrected chi connectivity index (χ3v) is 5.15. The van der Waals surface area contributed by atoms with Gasteiger partial charge in [-0.2, -0.15) is 5.26 Å². The Morgan fingerprint density at radius 1 is 1.04 bits per heavy atom. The highest BCUT2D eigenvalue weighted by Gasteiger charge is 2.46. The van der Waals surface area contributed by atoms with Crippen LogP contribution in [-0.2, 0) is 4.74 Å². The van der Waals surface area contributed by atoms with Crippen LogP contribution < -0.4 is 0 Å². The number of aryl methyl sites for hydroxylation is 1. The van der Waals surface area contributed by atoms with Gasteiger partial charge in [0.25, 0.3) is 0 Å². The lowest BCUT2D eigenvalue weighted by Crippen LogP contribution is -2.59. The Kier molecular flexibility index (Phi) is 6.10. The Labute approximate surface area is 162 Å². The summed E-state index contributed by atoms with van der Waals surface area (Å²) in [7, 11) is 0. The first-order valence-corrected chi connectivity index (χ1v) is 8.97. The largest absolute Gasteiger partial charge is 0.394 e. The molecular weight excluding hydrogens is 362 g/mol. The summed E-state index contributed by atoms with van der Waals surface area (Å²) in [5, 5.41) is 59.2. The summed E-state index contributed by atoms with van der Waals surface area (Å²) in [5.74, 6) is 0. The van der Waals surface area contributed by atoms with Gasteiger partial charge in [0.15, 0.2) is 0 Å². The van der Waals surface area contributed by atoms with Crippen molar-refractivity contribution in [1.29, 1.82) is 5.26 Å². The van der Waals surface area contributed by atoms with Crippen LogP contribution in [0.3, 0.4) is 0 Å². The standard InChI is InChI=1S/C21H23NO6/c1-11-7-14(13-4-2-3-12(8-13)9-22)5-6-15(11)17(24)21-20(27)19(26)18(25)16(10-23)28-21/h2-8,16-21,23-27H,10H2,1H3/t16?,17-,18-,19+,20?,21-/m1/s1. The van der Waals surface area contributed by atoms with E-state index in [1.165, 1.54) is 0 Å². The van der Waals surface area contributed by atoms with Gasteiger partial charge < -0.3 is 30.3 Å². The summed E-state index contributed by atoms with van der Waals surface area (Å²) in [4.78, 5) is 0. The number of hydrogen-bond donors (Lipinski definition) is 5. The molecule has 0 aliphatic carbocycles. The lowest BCUT2D eigenvalue weighted by atomic mass is 9.88. The highest BCUT2D eigenvalue weighted by Crippen LogP contribution is 2.33. The molecule has 0 spiro atoms. The van der Waals surface area contributed by atoms with E-state index in [0.717, 1.165) is 16.7 Å². The topological polar surface area (TPSA) is 134 Å². The molecule has 5 N–H and O–H groups in total. The minimum atomic E-state index is -1.54. The minimum Gasteiger partial charge on any atom is -0.394 e. The molecule has 2 unspecified atom stereocenters. The number of nitrogens with zero attached hydrogens (tertiary/aromatic N) is 1. The van der Waals surface area contributed by atoms with Gasteiger partial charge in [-0.1, -0.05) is 30.3 Å². The molecular formula is C21H23NO6. The summed E-state index contributed by atoms with van der Waals surface area (Å²) in [6, 6.07) is 14.6. The van der Waals surface area contributed by atoms with Crippen molar-refractivity contribution in [2.75, 3.05) is 6.61 Å². The second kappa shape index (κ2) is 8.37. The van der Waals surface area contributed by atoms with Crippen molar-refractivity contribution >= 4 is 0 Å². The zero-order valence-electron chi connectivity index (χ0n) is 15.3. The van der Waals surface area contributed by atoms with Crippen LogP contribution in [0.15, 0.2) is 42.5 Å². The number of rotatable bonds is 4. The zero-order valence-corrected chi connectivity index (χ0v) is 15.3. The molecule has 2 aromatic rings. The molecule has 28 heavy (non-hydrogen) atoms. The molecule has 7 heteroatoms. The highest BCUT2D eigenvalue weighted by atomic mass is 16.6. The summed E-state index contributed by atoms with van der Waals surface area (Å²) in [6.07, 6.45) is -8.09. The summed E-state index contributed by atoms with van der Waals surface area (Å²) < 4.78 is 5.45. The first-order chi connectivity index (χ1) is 13.4. The molecule has 1 heterocycles. The number of aliphatic hydroxyl groups excluding tert-OH is 5. The number of benzene rings is 2. The fourth-order valence-corrected chi connectivity index (χ4v) is 3.52. The van der Waals surface area contributed by atoms with Crippen LogP contribution in [-0.4, -0.2) is 62.7 Å². The molecule has 1 aliphatic rings. The van der Waals surface area contributed by atoms with E-state index in [1.807, 2.05) is 12.1 Å². The summed E-state index contributed by atoms with van der Waals surface area (Å²) >= 11 is 0. The average Bonchev–Trinajstić information content (AvgIpc) is 2.72. The molecule has 3 rings (SSSR count). The van der Waals surface area contributed by atoms with E-state index in [9.17, 15) is 25.5 Å². The van der Waals surface area contributed by atoms with Crippen molar-refractivity contribution in [3.63, 3.8) is 0 Å². The monoisotopic (exact) mass is 385 g/mol. The summed E-state index contributed by atoms with van der Waals surface area (Å²) in [6.45, 7) is 1.24. The van der Waals surface area contributed by atoms with Crippen LogP contribution in [0.4, 0.5) is 0 Å². The predicted molar refractivity (Wildman–Crippen MR) is 100 cm³/mol. The van der Waals surface area contributed by atoms with Gasteiger partial charge in [-0.15, -0.1) is 0 Å². The Morgan fingerprint density at radius 2 is 1.75 bits per heavy atom. The van der Waals surface area contributed by atoms with E-state index < -0.39 is 43.2 Å². The van der Waals surface area contributed by atoms with Gasteiger partial charge in [0, 0.05) is 0 Å². The van der Waals surface area contributed by atoms with Crippen LogP contribution >= 0.6 is 0 Å². The molecule has 1 aliphatic heterocycles. The minimum absolute atomic E-state index is 0.490. The van der Waals surface area contributed by atoms with Gasteiger partial charge in [0.05, 0.1) is 18.2 Å². The molecule has 7 nitrogen and oxygen atoms in total. The van der Waals surface area contributed by atoms with E-state index in [1.54, 1.807) is 37.3 Å². The highest BCUT2D eigenvalue weighted by molar-refractivity contribution is 5.66. The Balaban J connectivity index is 1.88. The normalized spacial score (nSPS) is 28.5. The second-order valence-corrected chi connectivity index (χ2v) is 7.00. The molecule has 0 radical (unpaired) electrons. The predicted octanol–water partition coefficient (Wildman–Crippen LogP) is 0.409. The fourth-order valence-electron chi connectivity index (χ4n) is 3.52. The molecule has 6 atom stereocenters. The van der Waals surface area contributed by atoms with E-state index in [0.29, 0.717) is 11.1 Å².